The van der Waals surface area contributed by atoms with E-state index in [1.807, 2.05) is 6.07 Å². The van der Waals surface area contributed by atoms with Crippen LogP contribution in [0.4, 0.5) is 0 Å². The summed E-state index contributed by atoms with van der Waals surface area (Å²) >= 11 is 0. The van der Waals surface area contributed by atoms with E-state index in [1.165, 1.54) is 7.11 Å². The number of nitriles is 1. The van der Waals surface area contributed by atoms with Gasteiger partial charge in [0.05, 0.1) is 25.3 Å². The Morgan fingerprint density at radius 3 is 2.79 bits per heavy atom. The van der Waals surface area contributed by atoms with Crippen LogP contribution >= 0.6 is 0 Å². The third kappa shape index (κ3) is 3.43. The molecule has 0 bridgehead atoms. The van der Waals surface area contributed by atoms with Gasteiger partial charge in [-0.05, 0) is 18.2 Å². The molecular weight excluding hydrogens is 308 g/mol. The molecule has 1 aliphatic heterocycles. The first-order valence-corrected chi connectivity index (χ1v) is 7.53. The predicted octanol–water partition coefficient (Wildman–Crippen LogP) is 1.65. The van der Waals surface area contributed by atoms with Crippen molar-refractivity contribution in [3.05, 3.63) is 47.5 Å². The van der Waals surface area contributed by atoms with Crippen LogP contribution in [-0.4, -0.2) is 47.3 Å². The maximum Gasteiger partial charge on any atom is 0.254 e. The molecule has 0 unspecified atom stereocenters. The molecule has 3 rings (SSSR count). The van der Waals surface area contributed by atoms with Gasteiger partial charge in [-0.15, -0.1) is 10.2 Å². The molecule has 1 fully saturated rings. The summed E-state index contributed by atoms with van der Waals surface area (Å²) in [4.78, 5) is 14.2. The van der Waals surface area contributed by atoms with Crippen LogP contribution in [0, 0.1) is 11.3 Å². The van der Waals surface area contributed by atoms with Crippen LogP contribution in [0.1, 0.15) is 22.3 Å². The fourth-order valence-electron chi connectivity index (χ4n) is 2.56. The standard InChI is InChI=1S/C17H16N4O3/c1-23-15-5-6-16(20-19-15)24-14-7-8-21(11-14)17(22)13-4-2-3-12(9-13)10-18/h2-6,9,14H,7-8,11H2,1H3/t14-/m1/s1. The summed E-state index contributed by atoms with van der Waals surface area (Å²) in [6, 6.07) is 12.1. The molecule has 1 aliphatic rings. The van der Waals surface area contributed by atoms with Crippen LogP contribution in [0.3, 0.4) is 0 Å². The Kier molecular flexibility index (Phi) is 4.57. The number of amides is 1. The third-order valence-electron chi connectivity index (χ3n) is 3.78. The zero-order valence-electron chi connectivity index (χ0n) is 13.2. The van der Waals surface area contributed by atoms with E-state index in [-0.39, 0.29) is 12.0 Å². The molecular formula is C17H16N4O3. The number of carbonyl (C=O) groups is 1. The van der Waals surface area contributed by atoms with Gasteiger partial charge in [0, 0.05) is 30.7 Å². The largest absolute Gasteiger partial charge is 0.480 e. The second-order valence-corrected chi connectivity index (χ2v) is 5.39. The lowest BCUT2D eigenvalue weighted by Crippen LogP contribution is -2.31. The van der Waals surface area contributed by atoms with Gasteiger partial charge in [0.25, 0.3) is 5.91 Å². The number of nitrogens with zero attached hydrogens (tertiary/aromatic N) is 4. The summed E-state index contributed by atoms with van der Waals surface area (Å²) in [6.07, 6.45) is 0.591. The Balaban J connectivity index is 1.62. The van der Waals surface area contributed by atoms with Gasteiger partial charge in [-0.1, -0.05) is 6.07 Å². The van der Waals surface area contributed by atoms with Crippen LogP contribution in [0.25, 0.3) is 0 Å². The maximum absolute atomic E-state index is 12.5. The van der Waals surface area contributed by atoms with Crippen molar-refractivity contribution >= 4 is 5.91 Å². The van der Waals surface area contributed by atoms with Gasteiger partial charge in [0.1, 0.15) is 6.10 Å². The molecule has 0 spiro atoms. The topological polar surface area (TPSA) is 88.3 Å². The van der Waals surface area contributed by atoms with Crippen LogP contribution in [0.5, 0.6) is 11.8 Å². The normalized spacial score (nSPS) is 16.5. The van der Waals surface area contributed by atoms with Crippen LogP contribution in [-0.2, 0) is 0 Å². The fourth-order valence-corrected chi connectivity index (χ4v) is 2.56. The molecule has 0 N–H and O–H groups in total. The zero-order valence-corrected chi connectivity index (χ0v) is 13.2. The first-order chi connectivity index (χ1) is 11.7. The molecule has 7 nitrogen and oxygen atoms in total. The maximum atomic E-state index is 12.5. The van der Waals surface area contributed by atoms with Crippen LogP contribution < -0.4 is 9.47 Å². The molecule has 2 heterocycles. The van der Waals surface area contributed by atoms with Gasteiger partial charge < -0.3 is 14.4 Å². The summed E-state index contributed by atoms with van der Waals surface area (Å²) in [5.41, 5.74) is 0.986. The molecule has 1 aromatic heterocycles. The van der Waals surface area contributed by atoms with E-state index in [2.05, 4.69) is 10.2 Å². The van der Waals surface area contributed by atoms with Crippen molar-refractivity contribution in [2.45, 2.75) is 12.5 Å². The Labute approximate surface area is 139 Å². The lowest BCUT2D eigenvalue weighted by molar-refractivity contribution is 0.0771. The first-order valence-electron chi connectivity index (χ1n) is 7.53. The smallest absolute Gasteiger partial charge is 0.254 e. The number of methoxy groups -OCH3 is 1. The minimum Gasteiger partial charge on any atom is -0.480 e. The van der Waals surface area contributed by atoms with Crippen molar-refractivity contribution in [3.8, 4) is 17.8 Å². The Bertz CT molecular complexity index is 770. The molecule has 0 saturated carbocycles. The van der Waals surface area contributed by atoms with Crippen molar-refractivity contribution in [3.63, 3.8) is 0 Å². The van der Waals surface area contributed by atoms with Gasteiger partial charge in [-0.3, -0.25) is 4.79 Å². The van der Waals surface area contributed by atoms with Crippen molar-refractivity contribution in [1.29, 1.82) is 5.26 Å². The van der Waals surface area contributed by atoms with E-state index in [0.29, 0.717) is 36.0 Å². The second-order valence-electron chi connectivity index (χ2n) is 5.39. The van der Waals surface area contributed by atoms with E-state index < -0.39 is 0 Å². The highest BCUT2D eigenvalue weighted by molar-refractivity contribution is 5.94. The molecule has 1 atom stereocenters. The van der Waals surface area contributed by atoms with Crippen LogP contribution in [0.2, 0.25) is 0 Å². The fraction of sp³-hybridized carbons (Fsp3) is 0.294. The second kappa shape index (κ2) is 6.96. The number of hydrogen-bond donors (Lipinski definition) is 0. The van der Waals surface area contributed by atoms with Crippen molar-refractivity contribution in [2.75, 3.05) is 20.2 Å². The molecule has 0 aliphatic carbocycles. The Morgan fingerprint density at radius 1 is 1.29 bits per heavy atom. The molecule has 0 radical (unpaired) electrons. The lowest BCUT2D eigenvalue weighted by Gasteiger charge is -2.17. The van der Waals surface area contributed by atoms with Gasteiger partial charge in [0.2, 0.25) is 11.8 Å². The number of benzene rings is 1. The van der Waals surface area contributed by atoms with Crippen molar-refractivity contribution < 1.29 is 14.3 Å². The number of likely N-dealkylation sites (tertiary alicyclic amines) is 1. The van der Waals surface area contributed by atoms with E-state index in [1.54, 1.807) is 41.3 Å². The highest BCUT2D eigenvalue weighted by atomic mass is 16.5. The van der Waals surface area contributed by atoms with Gasteiger partial charge in [0.15, 0.2) is 0 Å². The highest BCUT2D eigenvalue weighted by Gasteiger charge is 2.28. The number of hydrogen-bond acceptors (Lipinski definition) is 6. The highest BCUT2D eigenvalue weighted by Crippen LogP contribution is 2.19. The molecule has 2 aromatic rings. The predicted molar refractivity (Wildman–Crippen MR) is 84.7 cm³/mol. The number of ether oxygens (including phenoxy) is 2. The van der Waals surface area contributed by atoms with E-state index in [9.17, 15) is 4.79 Å². The monoisotopic (exact) mass is 324 g/mol. The summed E-state index contributed by atoms with van der Waals surface area (Å²) in [5, 5.41) is 16.7. The number of carbonyl (C=O) groups excluding carboxylic acids is 1. The average Bonchev–Trinajstić information content (AvgIpc) is 3.10. The summed E-state index contributed by atoms with van der Waals surface area (Å²) in [6.45, 7) is 1.08. The third-order valence-corrected chi connectivity index (χ3v) is 3.78. The summed E-state index contributed by atoms with van der Waals surface area (Å²) in [5.74, 6) is 0.726. The molecule has 7 heteroatoms. The average molecular weight is 324 g/mol. The van der Waals surface area contributed by atoms with E-state index >= 15 is 0 Å². The van der Waals surface area contributed by atoms with Crippen molar-refractivity contribution in [2.24, 2.45) is 0 Å². The van der Waals surface area contributed by atoms with E-state index in [0.717, 1.165) is 6.42 Å². The lowest BCUT2D eigenvalue weighted by atomic mass is 10.1. The molecule has 24 heavy (non-hydrogen) atoms. The Morgan fingerprint density at radius 2 is 2.08 bits per heavy atom. The van der Waals surface area contributed by atoms with E-state index in [4.69, 9.17) is 14.7 Å². The quantitative estimate of drug-likeness (QED) is 0.849. The molecule has 122 valence electrons. The summed E-state index contributed by atoms with van der Waals surface area (Å²) in [7, 11) is 1.52. The van der Waals surface area contributed by atoms with Gasteiger partial charge >= 0.3 is 0 Å². The molecule has 1 amide bonds. The SMILES string of the molecule is COc1ccc(O[C@@H]2CCN(C(=O)c3cccc(C#N)c3)C2)nn1. The van der Waals surface area contributed by atoms with Gasteiger partial charge in [-0.25, -0.2) is 0 Å². The minimum atomic E-state index is -0.129. The molecule has 1 saturated heterocycles. The first kappa shape index (κ1) is 15.7. The zero-order chi connectivity index (χ0) is 16.9. The molecule has 1 aromatic carbocycles. The number of rotatable bonds is 4. The van der Waals surface area contributed by atoms with Gasteiger partial charge in [-0.2, -0.15) is 5.26 Å². The summed E-state index contributed by atoms with van der Waals surface area (Å²) < 4.78 is 10.7. The Hall–Kier alpha value is -3.14. The minimum absolute atomic E-state index is 0.0981. The van der Waals surface area contributed by atoms with Crippen LogP contribution in [0.15, 0.2) is 36.4 Å². The number of aromatic nitrogens is 2. The van der Waals surface area contributed by atoms with Crippen molar-refractivity contribution in [1.82, 2.24) is 15.1 Å².